The van der Waals surface area contributed by atoms with Gasteiger partial charge in [0.2, 0.25) is 17.7 Å². The van der Waals surface area contributed by atoms with Crippen LogP contribution in [0.5, 0.6) is 11.8 Å². The van der Waals surface area contributed by atoms with Gasteiger partial charge in [-0.05, 0) is 31.9 Å². The number of methoxy groups -OCH3 is 2. The number of hydrogen-bond donors (Lipinski definition) is 3. The van der Waals surface area contributed by atoms with Gasteiger partial charge in [0.05, 0.1) is 26.0 Å². The number of anilines is 1. The highest BCUT2D eigenvalue weighted by Crippen LogP contribution is 2.30. The lowest BCUT2D eigenvalue weighted by molar-refractivity contribution is -0.00756. The fourth-order valence-electron chi connectivity index (χ4n) is 2.79. The number of sulfonamides is 1. The van der Waals surface area contributed by atoms with Crippen LogP contribution in [0, 0.1) is 6.92 Å². The van der Waals surface area contributed by atoms with Crippen LogP contribution in [-0.4, -0.2) is 68.1 Å². The fraction of sp³-hybridized carbons (Fsp3) is 0.474. The molecule has 2 atom stereocenters. The third-order valence-electron chi connectivity index (χ3n) is 4.23. The quantitative estimate of drug-likeness (QED) is 0.396. The zero-order valence-corrected chi connectivity index (χ0v) is 19.3. The number of carbonyl (C=O) groups is 1. The number of pyridine rings is 1. The predicted octanol–water partition coefficient (Wildman–Crippen LogP) is 1.51. The summed E-state index contributed by atoms with van der Waals surface area (Å²) >= 11 is 0. The Bertz CT molecular complexity index is 1050. The number of ether oxygens (including phenoxy) is 3. The van der Waals surface area contributed by atoms with E-state index in [1.165, 1.54) is 46.4 Å². The van der Waals surface area contributed by atoms with Gasteiger partial charge in [-0.15, -0.1) is 0 Å². The van der Waals surface area contributed by atoms with E-state index in [1.54, 1.807) is 0 Å². The van der Waals surface area contributed by atoms with Gasteiger partial charge in [0.25, 0.3) is 10.0 Å². The van der Waals surface area contributed by atoms with E-state index < -0.39 is 33.2 Å². The Balaban J connectivity index is 2.33. The SMILES string of the molecule is COc1cc(OC)nc(NC(=O)NS(=O)(=O)c2c(C)ccnc2C(OCCCO)C(C)F)n1. The first-order chi connectivity index (χ1) is 15.6. The highest BCUT2D eigenvalue weighted by atomic mass is 32.2. The van der Waals surface area contributed by atoms with E-state index in [-0.39, 0.29) is 48.6 Å². The summed E-state index contributed by atoms with van der Waals surface area (Å²) in [5.41, 5.74) is 0.0125. The second kappa shape index (κ2) is 11.7. The largest absolute Gasteiger partial charge is 0.481 e. The van der Waals surface area contributed by atoms with E-state index in [9.17, 15) is 17.6 Å². The van der Waals surface area contributed by atoms with Crippen molar-refractivity contribution in [1.29, 1.82) is 0 Å². The maximum atomic E-state index is 14.3. The zero-order valence-electron chi connectivity index (χ0n) is 18.5. The van der Waals surface area contributed by atoms with Gasteiger partial charge in [-0.25, -0.2) is 22.3 Å². The maximum absolute atomic E-state index is 14.3. The Hall–Kier alpha value is -3.10. The molecule has 2 aromatic rings. The predicted molar refractivity (Wildman–Crippen MR) is 114 cm³/mol. The van der Waals surface area contributed by atoms with Gasteiger partial charge in [0.1, 0.15) is 17.2 Å². The number of rotatable bonds is 11. The van der Waals surface area contributed by atoms with Crippen molar-refractivity contribution in [2.45, 2.75) is 37.4 Å². The number of alkyl halides is 1. The van der Waals surface area contributed by atoms with Crippen molar-refractivity contribution >= 4 is 22.0 Å². The van der Waals surface area contributed by atoms with Crippen LogP contribution < -0.4 is 19.5 Å². The van der Waals surface area contributed by atoms with E-state index in [1.807, 2.05) is 4.72 Å². The van der Waals surface area contributed by atoms with Crippen molar-refractivity contribution in [3.05, 3.63) is 29.6 Å². The molecule has 12 nitrogen and oxygen atoms in total. The van der Waals surface area contributed by atoms with E-state index in [0.29, 0.717) is 0 Å². The summed E-state index contributed by atoms with van der Waals surface area (Å²) in [6, 6.07) is 1.59. The van der Waals surface area contributed by atoms with E-state index in [4.69, 9.17) is 19.3 Å². The molecule has 0 aliphatic rings. The first-order valence-corrected chi connectivity index (χ1v) is 11.2. The van der Waals surface area contributed by atoms with Crippen LogP contribution in [0.15, 0.2) is 23.2 Å². The minimum absolute atomic E-state index is 0.0204. The van der Waals surface area contributed by atoms with Gasteiger partial charge in [-0.3, -0.25) is 10.3 Å². The molecule has 0 aliphatic carbocycles. The van der Waals surface area contributed by atoms with Crippen molar-refractivity contribution < 1.29 is 36.9 Å². The van der Waals surface area contributed by atoms with Crippen LogP contribution >= 0.6 is 0 Å². The molecule has 33 heavy (non-hydrogen) atoms. The Morgan fingerprint density at radius 3 is 2.42 bits per heavy atom. The van der Waals surface area contributed by atoms with Crippen molar-refractivity contribution in [2.24, 2.45) is 0 Å². The Morgan fingerprint density at radius 1 is 1.24 bits per heavy atom. The molecule has 2 unspecified atom stereocenters. The number of aliphatic hydroxyl groups is 1. The molecule has 0 radical (unpaired) electrons. The lowest BCUT2D eigenvalue weighted by atomic mass is 10.1. The molecule has 2 amide bonds. The van der Waals surface area contributed by atoms with Crippen LogP contribution in [-0.2, 0) is 14.8 Å². The summed E-state index contributed by atoms with van der Waals surface area (Å²) in [6.07, 6.45) is -1.43. The van der Waals surface area contributed by atoms with Crippen LogP contribution in [0.2, 0.25) is 0 Å². The average Bonchev–Trinajstić information content (AvgIpc) is 2.75. The number of nitrogens with one attached hydrogen (secondary N) is 2. The van der Waals surface area contributed by atoms with Crippen LogP contribution in [0.1, 0.15) is 30.7 Å². The lowest BCUT2D eigenvalue weighted by Crippen LogP contribution is -2.36. The van der Waals surface area contributed by atoms with E-state index in [0.717, 1.165) is 0 Å². The second-order valence-electron chi connectivity index (χ2n) is 6.72. The Labute approximate surface area is 190 Å². The normalized spacial score (nSPS) is 13.2. The monoisotopic (exact) mass is 487 g/mol. The van der Waals surface area contributed by atoms with E-state index in [2.05, 4.69) is 20.3 Å². The molecule has 0 saturated heterocycles. The highest BCUT2D eigenvalue weighted by Gasteiger charge is 2.32. The number of aromatic nitrogens is 3. The molecule has 0 saturated carbocycles. The summed E-state index contributed by atoms with van der Waals surface area (Å²) in [7, 11) is -1.84. The van der Waals surface area contributed by atoms with Crippen molar-refractivity contribution in [3.63, 3.8) is 0 Å². The number of carbonyl (C=O) groups excluding carboxylic acids is 1. The summed E-state index contributed by atoms with van der Waals surface area (Å²) in [6.45, 7) is 2.46. The molecule has 2 heterocycles. The Kier molecular flexibility index (Phi) is 9.25. The van der Waals surface area contributed by atoms with Gasteiger partial charge in [-0.1, -0.05) is 0 Å². The van der Waals surface area contributed by atoms with Gasteiger partial charge in [0.15, 0.2) is 0 Å². The number of halogens is 1. The summed E-state index contributed by atoms with van der Waals surface area (Å²) in [5, 5.41) is 11.1. The topological polar surface area (TPSA) is 162 Å². The summed E-state index contributed by atoms with van der Waals surface area (Å²) in [5.74, 6) is -0.125. The number of urea groups is 1. The van der Waals surface area contributed by atoms with Crippen LogP contribution in [0.25, 0.3) is 0 Å². The highest BCUT2D eigenvalue weighted by molar-refractivity contribution is 7.90. The van der Waals surface area contributed by atoms with Gasteiger partial charge in [0, 0.05) is 19.4 Å². The van der Waals surface area contributed by atoms with Crippen LogP contribution in [0.3, 0.4) is 0 Å². The van der Waals surface area contributed by atoms with Gasteiger partial charge in [-0.2, -0.15) is 9.97 Å². The summed E-state index contributed by atoms with van der Waals surface area (Å²) < 4.78 is 57.7. The molecule has 0 aliphatic heterocycles. The number of amides is 2. The molecule has 0 aromatic carbocycles. The molecule has 2 aromatic heterocycles. The molecule has 0 bridgehead atoms. The number of aryl methyl sites for hydroxylation is 1. The smallest absolute Gasteiger partial charge is 0.335 e. The lowest BCUT2D eigenvalue weighted by Gasteiger charge is -2.22. The minimum Gasteiger partial charge on any atom is -0.481 e. The standard InChI is InChI=1S/C19H26FN5O7S/c1-11-6-7-21-15(16(12(2)20)32-9-5-8-26)17(11)33(28,29)25-19(27)24-18-22-13(30-3)10-14(23-18)31-4/h6-7,10,12,16,26H,5,8-9H2,1-4H3,(H2,22,23,24,25,27). The molecule has 3 N–H and O–H groups in total. The van der Waals surface area contributed by atoms with Crippen LogP contribution in [0.4, 0.5) is 15.1 Å². The fourth-order valence-corrected chi connectivity index (χ4v) is 4.12. The maximum Gasteiger partial charge on any atom is 0.335 e. The van der Waals surface area contributed by atoms with E-state index >= 15 is 0 Å². The minimum atomic E-state index is -4.52. The second-order valence-corrected chi connectivity index (χ2v) is 8.34. The first-order valence-electron chi connectivity index (χ1n) is 9.75. The third kappa shape index (κ3) is 6.94. The molecule has 14 heteroatoms. The third-order valence-corrected chi connectivity index (χ3v) is 5.76. The number of aliphatic hydroxyl groups excluding tert-OH is 1. The van der Waals surface area contributed by atoms with Crippen molar-refractivity contribution in [3.8, 4) is 11.8 Å². The molecular formula is C19H26FN5O7S. The van der Waals surface area contributed by atoms with Gasteiger partial charge >= 0.3 is 6.03 Å². The van der Waals surface area contributed by atoms with Crippen molar-refractivity contribution in [2.75, 3.05) is 32.8 Å². The molecule has 2 rings (SSSR count). The average molecular weight is 488 g/mol. The van der Waals surface area contributed by atoms with Gasteiger partial charge < -0.3 is 19.3 Å². The zero-order chi connectivity index (χ0) is 24.6. The number of hydrogen-bond acceptors (Lipinski definition) is 10. The number of nitrogens with zero attached hydrogens (tertiary/aromatic N) is 3. The molecule has 0 spiro atoms. The van der Waals surface area contributed by atoms with Crippen molar-refractivity contribution in [1.82, 2.24) is 19.7 Å². The Morgan fingerprint density at radius 2 is 1.88 bits per heavy atom. The molecule has 0 fully saturated rings. The molecular weight excluding hydrogens is 461 g/mol. The summed E-state index contributed by atoms with van der Waals surface area (Å²) in [4.78, 5) is 23.8. The first kappa shape index (κ1) is 26.2. The molecule has 182 valence electrons.